The van der Waals surface area contributed by atoms with Crippen LogP contribution < -0.4 is 10.5 Å². The molecule has 19 heavy (non-hydrogen) atoms. The van der Waals surface area contributed by atoms with E-state index >= 15 is 0 Å². The van der Waals surface area contributed by atoms with E-state index in [1.54, 1.807) is 30.3 Å². The van der Waals surface area contributed by atoms with Crippen LogP contribution in [0.2, 0.25) is 0 Å². The van der Waals surface area contributed by atoms with Crippen molar-refractivity contribution >= 4 is 30.3 Å². The Hall–Kier alpha value is -1.92. The summed E-state index contributed by atoms with van der Waals surface area (Å²) in [5.74, 6) is -0.825. The Morgan fingerprint density at radius 1 is 1.05 bits per heavy atom. The van der Waals surface area contributed by atoms with E-state index in [9.17, 15) is 14.4 Å². The molecule has 1 aromatic carbocycles. The normalized spacial score (nSPS) is 9.11. The molecule has 0 aliphatic carbocycles. The lowest BCUT2D eigenvalue weighted by atomic mass is 10.2. The monoisotopic (exact) mass is 287 g/mol. The third-order valence-corrected chi connectivity index (χ3v) is 1.98. The van der Waals surface area contributed by atoms with Crippen LogP contribution >= 0.6 is 12.4 Å². The number of Topliss-reactive ketones (excluding diaryl/α,β-unsaturated/α-hetero) is 1. The van der Waals surface area contributed by atoms with E-state index in [0.29, 0.717) is 0 Å². The molecule has 0 atom stereocenters. The van der Waals surface area contributed by atoms with Gasteiger partial charge in [0.2, 0.25) is 0 Å². The molecular formula is C12H14ClNO5. The summed E-state index contributed by atoms with van der Waals surface area (Å²) in [5, 5.41) is 0. The van der Waals surface area contributed by atoms with Gasteiger partial charge in [0, 0.05) is 6.42 Å². The number of carbonyl (C=O) groups excluding carboxylic acids is 3. The minimum atomic E-state index is -1.12. The van der Waals surface area contributed by atoms with Gasteiger partial charge in [0.15, 0.2) is 0 Å². The van der Waals surface area contributed by atoms with E-state index in [0.717, 1.165) is 0 Å². The fraction of sp³-hybridized carbons (Fsp3) is 0.250. The average molecular weight is 288 g/mol. The van der Waals surface area contributed by atoms with Crippen molar-refractivity contribution in [2.24, 2.45) is 5.73 Å². The Labute approximate surface area is 116 Å². The lowest BCUT2D eigenvalue weighted by Gasteiger charge is -2.03. The molecule has 1 rings (SSSR count). The van der Waals surface area contributed by atoms with Crippen LogP contribution in [0.4, 0.5) is 4.79 Å². The second-order valence-electron chi connectivity index (χ2n) is 3.38. The zero-order valence-electron chi connectivity index (χ0n) is 10.0. The van der Waals surface area contributed by atoms with Gasteiger partial charge in [-0.05, 0) is 12.1 Å². The summed E-state index contributed by atoms with van der Waals surface area (Å²) < 4.78 is 9.08. The second-order valence-corrected chi connectivity index (χ2v) is 3.38. The fourth-order valence-corrected chi connectivity index (χ4v) is 1.09. The van der Waals surface area contributed by atoms with Crippen LogP contribution in [0, 0.1) is 0 Å². The number of benzene rings is 1. The maximum absolute atomic E-state index is 11.2. The first kappa shape index (κ1) is 17.1. The number of ketones is 1. The molecule has 0 amide bonds. The Bertz CT molecular complexity index is 435. The summed E-state index contributed by atoms with van der Waals surface area (Å²) in [5.41, 5.74) is 5.07. The first-order valence-electron chi connectivity index (χ1n) is 5.31. The molecule has 0 radical (unpaired) electrons. The third-order valence-electron chi connectivity index (χ3n) is 1.98. The van der Waals surface area contributed by atoms with E-state index in [1.807, 2.05) is 0 Å². The first-order valence-corrected chi connectivity index (χ1v) is 5.31. The maximum atomic E-state index is 11.2. The van der Waals surface area contributed by atoms with Crippen molar-refractivity contribution in [2.45, 2.75) is 12.8 Å². The van der Waals surface area contributed by atoms with E-state index < -0.39 is 12.1 Å². The SMILES string of the molecule is Cl.NCC(=O)CCC(=O)OC(=O)Oc1ccccc1. The molecule has 6 nitrogen and oxygen atoms in total. The topological polar surface area (TPSA) is 95.7 Å². The minimum absolute atomic E-state index is 0. The minimum Gasteiger partial charge on any atom is -0.395 e. The van der Waals surface area contributed by atoms with Gasteiger partial charge in [0.1, 0.15) is 11.5 Å². The number of esters is 1. The van der Waals surface area contributed by atoms with Gasteiger partial charge in [-0.2, -0.15) is 0 Å². The van der Waals surface area contributed by atoms with Gasteiger partial charge >= 0.3 is 12.1 Å². The number of nitrogens with two attached hydrogens (primary N) is 1. The first-order chi connectivity index (χ1) is 8.61. The maximum Gasteiger partial charge on any atom is 0.521 e. The van der Waals surface area contributed by atoms with E-state index in [-0.39, 0.29) is 43.3 Å². The summed E-state index contributed by atoms with van der Waals surface area (Å²) in [6.45, 7) is -0.137. The largest absolute Gasteiger partial charge is 0.521 e. The van der Waals surface area contributed by atoms with Crippen molar-refractivity contribution in [3.63, 3.8) is 0 Å². The van der Waals surface area contributed by atoms with Crippen LogP contribution in [-0.2, 0) is 14.3 Å². The molecule has 1 aromatic rings. The summed E-state index contributed by atoms with van der Waals surface area (Å²) in [7, 11) is 0. The number of rotatable bonds is 5. The van der Waals surface area contributed by atoms with Crippen LogP contribution in [0.3, 0.4) is 0 Å². The van der Waals surface area contributed by atoms with Crippen molar-refractivity contribution in [2.75, 3.05) is 6.54 Å². The average Bonchev–Trinajstić information content (AvgIpc) is 2.37. The second kappa shape index (κ2) is 9.07. The van der Waals surface area contributed by atoms with Crippen LogP contribution in [0.5, 0.6) is 5.75 Å². The predicted molar refractivity (Wildman–Crippen MR) is 69.1 cm³/mol. The number of ether oxygens (including phenoxy) is 2. The van der Waals surface area contributed by atoms with E-state index in [1.165, 1.54) is 0 Å². The molecule has 2 N–H and O–H groups in total. The Morgan fingerprint density at radius 2 is 1.68 bits per heavy atom. The molecule has 0 aromatic heterocycles. The number of hydrogen-bond acceptors (Lipinski definition) is 6. The Kier molecular flexibility index (Phi) is 8.15. The van der Waals surface area contributed by atoms with Gasteiger partial charge in [-0.25, -0.2) is 4.79 Å². The van der Waals surface area contributed by atoms with E-state index in [2.05, 4.69) is 4.74 Å². The summed E-state index contributed by atoms with van der Waals surface area (Å²) in [6, 6.07) is 8.18. The van der Waals surface area contributed by atoms with Crippen LogP contribution in [-0.4, -0.2) is 24.5 Å². The molecule has 7 heteroatoms. The van der Waals surface area contributed by atoms with Crippen molar-refractivity contribution in [3.8, 4) is 5.75 Å². The molecule has 0 unspecified atom stereocenters. The van der Waals surface area contributed by atoms with Crippen molar-refractivity contribution in [1.82, 2.24) is 0 Å². The highest BCUT2D eigenvalue weighted by Gasteiger charge is 2.13. The van der Waals surface area contributed by atoms with E-state index in [4.69, 9.17) is 10.5 Å². The quantitative estimate of drug-likeness (QED) is 0.500. The third kappa shape index (κ3) is 7.17. The predicted octanol–water partition coefficient (Wildman–Crippen LogP) is 1.46. The molecule has 0 aliphatic rings. The Morgan fingerprint density at radius 3 is 2.26 bits per heavy atom. The standard InChI is InChI=1S/C12H13NO5.ClH/c13-8-9(14)6-7-11(15)18-12(16)17-10-4-2-1-3-5-10;/h1-5H,6-8,13H2;1H. The van der Waals surface area contributed by atoms with Crippen LogP contribution in [0.25, 0.3) is 0 Å². The van der Waals surface area contributed by atoms with Crippen molar-refractivity contribution in [3.05, 3.63) is 30.3 Å². The molecule has 0 aliphatic heterocycles. The molecule has 0 spiro atoms. The summed E-state index contributed by atoms with van der Waals surface area (Å²) in [4.78, 5) is 33.2. The van der Waals surface area contributed by atoms with Gasteiger partial charge in [0.25, 0.3) is 0 Å². The molecule has 0 saturated heterocycles. The van der Waals surface area contributed by atoms with Gasteiger partial charge in [-0.15, -0.1) is 12.4 Å². The zero-order valence-corrected chi connectivity index (χ0v) is 10.9. The lowest BCUT2D eigenvalue weighted by Crippen LogP contribution is -2.19. The van der Waals surface area contributed by atoms with Crippen molar-refractivity contribution in [1.29, 1.82) is 0 Å². The lowest BCUT2D eigenvalue weighted by molar-refractivity contribution is -0.140. The van der Waals surface area contributed by atoms with Crippen molar-refractivity contribution < 1.29 is 23.9 Å². The highest BCUT2D eigenvalue weighted by Crippen LogP contribution is 2.09. The van der Waals surface area contributed by atoms with Gasteiger partial charge in [-0.1, -0.05) is 18.2 Å². The number of hydrogen-bond donors (Lipinski definition) is 1. The van der Waals surface area contributed by atoms with Gasteiger partial charge < -0.3 is 15.2 Å². The van der Waals surface area contributed by atoms with Gasteiger partial charge in [-0.3, -0.25) is 9.59 Å². The molecule has 104 valence electrons. The zero-order chi connectivity index (χ0) is 13.4. The molecule has 0 fully saturated rings. The molecule has 0 saturated carbocycles. The molecule has 0 bridgehead atoms. The summed E-state index contributed by atoms with van der Waals surface area (Å²) >= 11 is 0. The number of carbonyl (C=O) groups is 3. The summed E-state index contributed by atoms with van der Waals surface area (Å²) in [6.07, 6.45) is -1.36. The van der Waals surface area contributed by atoms with Crippen LogP contribution in [0.15, 0.2) is 30.3 Å². The Balaban J connectivity index is 0.00000324. The number of halogens is 1. The highest BCUT2D eigenvalue weighted by molar-refractivity contribution is 5.87. The van der Waals surface area contributed by atoms with Gasteiger partial charge in [0.05, 0.1) is 13.0 Å². The highest BCUT2D eigenvalue weighted by atomic mass is 35.5. The van der Waals surface area contributed by atoms with Crippen LogP contribution in [0.1, 0.15) is 12.8 Å². The molecule has 0 heterocycles. The molecular weight excluding hydrogens is 274 g/mol. The number of para-hydroxylation sites is 1. The fourth-order valence-electron chi connectivity index (χ4n) is 1.09. The smallest absolute Gasteiger partial charge is 0.395 e.